The Morgan fingerprint density at radius 3 is 2.37 bits per heavy atom. The predicted octanol–water partition coefficient (Wildman–Crippen LogP) is 4.13. The van der Waals surface area contributed by atoms with Gasteiger partial charge in [-0.05, 0) is 34.9 Å². The second-order valence-electron chi connectivity index (χ2n) is 6.37. The summed E-state index contributed by atoms with van der Waals surface area (Å²) in [6.07, 6.45) is 0. The van der Waals surface area contributed by atoms with E-state index in [9.17, 15) is 9.90 Å². The van der Waals surface area contributed by atoms with Crippen LogP contribution in [0.2, 0.25) is 5.02 Å². The molecule has 104 valence electrons. The number of hydrogen-bond acceptors (Lipinski definition) is 2. The van der Waals surface area contributed by atoms with Crippen LogP contribution in [0.3, 0.4) is 0 Å². The molecule has 2 N–H and O–H groups in total. The average Bonchev–Trinajstić information content (AvgIpc) is 2.68. The first-order chi connectivity index (χ1) is 8.68. The number of carboxylic acid groups (broad SMARTS) is 1. The Kier molecular flexibility index (Phi) is 3.29. The van der Waals surface area contributed by atoms with Crippen LogP contribution in [0.15, 0.2) is 18.2 Å². The second-order valence-corrected chi connectivity index (χ2v) is 6.81. The third kappa shape index (κ3) is 2.32. The molecule has 0 atom stereocenters. The molecule has 0 radical (unpaired) electrons. The molecule has 2 rings (SSSR count). The zero-order valence-electron chi connectivity index (χ0n) is 11.7. The standard InChI is InChI=1S/C15H20ClNO2/c1-14(2)12(15(14,3)4)8-17-11-6-5-9(16)7-10(11)13(18)19/h5-7,12,17H,8H2,1-4H3,(H,18,19). The molecule has 4 heteroatoms. The minimum Gasteiger partial charge on any atom is -0.478 e. The van der Waals surface area contributed by atoms with Gasteiger partial charge in [0.15, 0.2) is 0 Å². The molecule has 1 aromatic rings. The second kappa shape index (κ2) is 4.41. The highest BCUT2D eigenvalue weighted by Crippen LogP contribution is 2.68. The molecule has 0 heterocycles. The van der Waals surface area contributed by atoms with Gasteiger partial charge in [-0.1, -0.05) is 39.3 Å². The molecule has 1 aromatic carbocycles. The van der Waals surface area contributed by atoms with E-state index in [1.807, 2.05) is 0 Å². The predicted molar refractivity (Wildman–Crippen MR) is 78.0 cm³/mol. The van der Waals surface area contributed by atoms with Gasteiger partial charge in [-0.3, -0.25) is 0 Å². The number of aromatic carboxylic acids is 1. The molecule has 0 aliphatic heterocycles. The van der Waals surface area contributed by atoms with E-state index < -0.39 is 5.97 Å². The van der Waals surface area contributed by atoms with Crippen molar-refractivity contribution < 1.29 is 9.90 Å². The van der Waals surface area contributed by atoms with Crippen molar-refractivity contribution in [1.29, 1.82) is 0 Å². The quantitative estimate of drug-likeness (QED) is 0.872. The Balaban J connectivity index is 2.11. The van der Waals surface area contributed by atoms with Gasteiger partial charge < -0.3 is 10.4 Å². The van der Waals surface area contributed by atoms with Gasteiger partial charge in [0, 0.05) is 17.3 Å². The van der Waals surface area contributed by atoms with Crippen LogP contribution in [-0.4, -0.2) is 17.6 Å². The molecule has 3 nitrogen and oxygen atoms in total. The molecule has 0 aromatic heterocycles. The topological polar surface area (TPSA) is 49.3 Å². The zero-order chi connectivity index (χ0) is 14.4. The Morgan fingerprint density at radius 1 is 1.32 bits per heavy atom. The summed E-state index contributed by atoms with van der Waals surface area (Å²) in [6.45, 7) is 9.78. The maximum atomic E-state index is 11.2. The highest BCUT2D eigenvalue weighted by atomic mass is 35.5. The molecule has 0 amide bonds. The van der Waals surface area contributed by atoms with Crippen LogP contribution < -0.4 is 5.32 Å². The Bertz CT molecular complexity index is 509. The molecule has 19 heavy (non-hydrogen) atoms. The number of anilines is 1. The molecule has 1 aliphatic rings. The number of carboxylic acids is 1. The fourth-order valence-corrected chi connectivity index (χ4v) is 3.08. The van der Waals surface area contributed by atoms with Crippen LogP contribution in [0.5, 0.6) is 0 Å². The van der Waals surface area contributed by atoms with Crippen molar-refractivity contribution in [2.75, 3.05) is 11.9 Å². The SMILES string of the molecule is CC1(C)C(CNc2ccc(Cl)cc2C(=O)O)C1(C)C. The fraction of sp³-hybridized carbons (Fsp3) is 0.533. The summed E-state index contributed by atoms with van der Waals surface area (Å²) in [7, 11) is 0. The van der Waals surface area contributed by atoms with Crippen molar-refractivity contribution in [3.05, 3.63) is 28.8 Å². The highest BCUT2D eigenvalue weighted by molar-refractivity contribution is 6.31. The number of hydrogen-bond donors (Lipinski definition) is 2. The van der Waals surface area contributed by atoms with Gasteiger partial charge in [0.05, 0.1) is 5.56 Å². The van der Waals surface area contributed by atoms with Crippen molar-refractivity contribution >= 4 is 23.3 Å². The Morgan fingerprint density at radius 2 is 1.89 bits per heavy atom. The number of benzene rings is 1. The van der Waals surface area contributed by atoms with E-state index in [4.69, 9.17) is 11.6 Å². The van der Waals surface area contributed by atoms with Crippen molar-refractivity contribution in [3.63, 3.8) is 0 Å². The number of carbonyl (C=O) groups is 1. The van der Waals surface area contributed by atoms with Crippen LogP contribution in [-0.2, 0) is 0 Å². The maximum Gasteiger partial charge on any atom is 0.337 e. The molecule has 0 spiro atoms. The van der Waals surface area contributed by atoms with Gasteiger partial charge in [-0.15, -0.1) is 0 Å². The first-order valence-electron chi connectivity index (χ1n) is 6.44. The van der Waals surface area contributed by atoms with E-state index in [-0.39, 0.29) is 16.4 Å². The lowest BCUT2D eigenvalue weighted by Crippen LogP contribution is -2.11. The van der Waals surface area contributed by atoms with E-state index in [1.54, 1.807) is 12.1 Å². The third-order valence-electron chi connectivity index (χ3n) is 5.03. The monoisotopic (exact) mass is 281 g/mol. The van der Waals surface area contributed by atoms with Crippen LogP contribution in [0.25, 0.3) is 0 Å². The lowest BCUT2D eigenvalue weighted by Gasteiger charge is -2.11. The molecule has 1 aliphatic carbocycles. The molecule has 1 saturated carbocycles. The number of halogens is 1. The minimum atomic E-state index is -0.959. The zero-order valence-corrected chi connectivity index (χ0v) is 12.5. The van der Waals surface area contributed by atoms with Crippen LogP contribution in [0.1, 0.15) is 38.1 Å². The maximum absolute atomic E-state index is 11.2. The summed E-state index contributed by atoms with van der Waals surface area (Å²) in [5.41, 5.74) is 1.44. The van der Waals surface area contributed by atoms with E-state index in [2.05, 4.69) is 33.0 Å². The van der Waals surface area contributed by atoms with Crippen LogP contribution in [0.4, 0.5) is 5.69 Å². The highest BCUT2D eigenvalue weighted by Gasteiger charge is 2.64. The van der Waals surface area contributed by atoms with Crippen molar-refractivity contribution in [2.24, 2.45) is 16.7 Å². The molecule has 0 saturated heterocycles. The van der Waals surface area contributed by atoms with Crippen LogP contribution >= 0.6 is 11.6 Å². The Labute approximate surface area is 119 Å². The molecular formula is C15H20ClNO2. The summed E-state index contributed by atoms with van der Waals surface area (Å²) < 4.78 is 0. The van der Waals surface area contributed by atoms with Gasteiger partial charge in [0.2, 0.25) is 0 Å². The number of nitrogens with one attached hydrogen (secondary N) is 1. The average molecular weight is 282 g/mol. The summed E-state index contributed by atoms with van der Waals surface area (Å²) in [5, 5.41) is 12.9. The summed E-state index contributed by atoms with van der Waals surface area (Å²) in [4.78, 5) is 11.2. The van der Waals surface area contributed by atoms with Crippen molar-refractivity contribution in [2.45, 2.75) is 27.7 Å². The Hall–Kier alpha value is -1.22. The number of rotatable bonds is 4. The first-order valence-corrected chi connectivity index (χ1v) is 6.82. The van der Waals surface area contributed by atoms with E-state index in [1.165, 1.54) is 6.07 Å². The van der Waals surface area contributed by atoms with Gasteiger partial charge in [0.25, 0.3) is 0 Å². The van der Waals surface area contributed by atoms with E-state index in [0.717, 1.165) is 6.54 Å². The van der Waals surface area contributed by atoms with Gasteiger partial charge in [0.1, 0.15) is 0 Å². The lowest BCUT2D eigenvalue weighted by atomic mass is 10.0. The summed E-state index contributed by atoms with van der Waals surface area (Å²) in [5.74, 6) is -0.420. The molecular weight excluding hydrogens is 262 g/mol. The normalized spacial score (nSPS) is 20.1. The minimum absolute atomic E-state index is 0.226. The van der Waals surface area contributed by atoms with Gasteiger partial charge in [-0.2, -0.15) is 0 Å². The summed E-state index contributed by atoms with van der Waals surface area (Å²) >= 11 is 5.84. The molecule has 1 fully saturated rings. The van der Waals surface area contributed by atoms with Gasteiger partial charge in [-0.25, -0.2) is 4.79 Å². The summed E-state index contributed by atoms with van der Waals surface area (Å²) in [6, 6.07) is 4.92. The third-order valence-corrected chi connectivity index (χ3v) is 5.26. The van der Waals surface area contributed by atoms with Crippen molar-refractivity contribution in [3.8, 4) is 0 Å². The van der Waals surface area contributed by atoms with Gasteiger partial charge >= 0.3 is 5.97 Å². The molecule has 0 unspecified atom stereocenters. The largest absolute Gasteiger partial charge is 0.478 e. The first kappa shape index (κ1) is 14.2. The smallest absolute Gasteiger partial charge is 0.337 e. The van der Waals surface area contributed by atoms with E-state index >= 15 is 0 Å². The van der Waals surface area contributed by atoms with E-state index in [0.29, 0.717) is 16.6 Å². The fourth-order valence-electron chi connectivity index (χ4n) is 2.90. The lowest BCUT2D eigenvalue weighted by molar-refractivity contribution is 0.0698. The molecule has 0 bridgehead atoms. The van der Waals surface area contributed by atoms with Crippen LogP contribution in [0, 0.1) is 16.7 Å². The van der Waals surface area contributed by atoms with Crippen molar-refractivity contribution in [1.82, 2.24) is 0 Å².